The van der Waals surface area contributed by atoms with Crippen LogP contribution in [0.4, 0.5) is 4.79 Å². The Morgan fingerprint density at radius 3 is 2.04 bits per heavy atom. The molecule has 1 fully saturated rings. The highest BCUT2D eigenvalue weighted by Crippen LogP contribution is 2.32. The molecule has 2 amide bonds. The van der Waals surface area contributed by atoms with Gasteiger partial charge in [-0.2, -0.15) is 0 Å². The minimum atomic E-state index is -1.00. The number of benzene rings is 3. The van der Waals surface area contributed by atoms with Gasteiger partial charge in [0.05, 0.1) is 17.9 Å². The van der Waals surface area contributed by atoms with E-state index in [4.69, 9.17) is 15.3 Å². The molecule has 50 heavy (non-hydrogen) atoms. The number of carbonyl (C=O) groups is 3. The summed E-state index contributed by atoms with van der Waals surface area (Å²) < 4.78 is 13.4. The summed E-state index contributed by atoms with van der Waals surface area (Å²) in [5.74, 6) is 5.84. The summed E-state index contributed by atoms with van der Waals surface area (Å²) in [5, 5.41) is 3.80. The van der Waals surface area contributed by atoms with Crippen LogP contribution in [0.5, 0.6) is 0 Å². The van der Waals surface area contributed by atoms with Crippen LogP contribution in [0.15, 0.2) is 104 Å². The summed E-state index contributed by atoms with van der Waals surface area (Å²) >= 11 is 0. The second-order valence-corrected chi connectivity index (χ2v) is 13.3. The first kappa shape index (κ1) is 36.3. The molecular weight excluding hydrogens is 630 g/mol. The van der Waals surface area contributed by atoms with E-state index in [0.717, 1.165) is 46.2 Å². The molecule has 0 spiro atoms. The van der Waals surface area contributed by atoms with Crippen LogP contribution in [0.25, 0.3) is 0 Å². The first-order chi connectivity index (χ1) is 24.4. The standard InChI is InChI=1S/C40H49N5O5/c1-30-19-21-36(22-20-30)44-26-35(43-29-44)25-34(39(47)49-27-32-14-7-3-8-15-32)18-11-23-42-38(46)37(24-31-12-5-2-6-13-31)45(41)40(48)50-28-33-16-9-4-10-17-33/h2-10,12-17,26,29-30,34,36-37H,11,18-25,27-28,41H2,1H3,(H,42,46)/t30?,34?,36?,37-/m0/s1. The molecule has 1 unspecified atom stereocenters. The number of hydrazine groups is 1. The van der Waals surface area contributed by atoms with Crippen LogP contribution in [0.3, 0.4) is 0 Å². The lowest BCUT2D eigenvalue weighted by Gasteiger charge is -2.27. The summed E-state index contributed by atoms with van der Waals surface area (Å²) in [7, 11) is 0. The minimum Gasteiger partial charge on any atom is -0.461 e. The average molecular weight is 680 g/mol. The highest BCUT2D eigenvalue weighted by molar-refractivity contribution is 5.85. The number of imidazole rings is 1. The number of amides is 2. The predicted octanol–water partition coefficient (Wildman–Crippen LogP) is 6.56. The molecule has 10 nitrogen and oxygen atoms in total. The van der Waals surface area contributed by atoms with Gasteiger partial charge in [0.1, 0.15) is 19.3 Å². The van der Waals surface area contributed by atoms with Gasteiger partial charge in [0, 0.05) is 31.6 Å². The molecular formula is C40H49N5O5. The van der Waals surface area contributed by atoms with Gasteiger partial charge in [-0.25, -0.2) is 20.6 Å². The van der Waals surface area contributed by atoms with Crippen molar-refractivity contribution in [2.24, 2.45) is 17.7 Å². The maximum atomic E-state index is 13.5. The van der Waals surface area contributed by atoms with Crippen LogP contribution < -0.4 is 11.2 Å². The zero-order valence-corrected chi connectivity index (χ0v) is 28.9. The number of aromatic nitrogens is 2. The summed E-state index contributed by atoms with van der Waals surface area (Å²) in [6.45, 7) is 2.82. The van der Waals surface area contributed by atoms with Crippen molar-refractivity contribution in [3.8, 4) is 0 Å². The Bertz CT molecular complexity index is 1620. The molecule has 2 atom stereocenters. The van der Waals surface area contributed by atoms with Gasteiger partial charge in [-0.05, 0) is 61.1 Å². The monoisotopic (exact) mass is 679 g/mol. The van der Waals surface area contributed by atoms with E-state index in [1.807, 2.05) is 97.3 Å². The Balaban J connectivity index is 1.19. The van der Waals surface area contributed by atoms with Crippen molar-refractivity contribution in [2.45, 2.75) is 83.6 Å². The third-order valence-corrected chi connectivity index (χ3v) is 9.43. The van der Waals surface area contributed by atoms with Gasteiger partial charge in [-0.1, -0.05) is 97.9 Å². The predicted molar refractivity (Wildman–Crippen MR) is 191 cm³/mol. The van der Waals surface area contributed by atoms with Gasteiger partial charge >= 0.3 is 12.1 Å². The number of hydrogen-bond donors (Lipinski definition) is 2. The van der Waals surface area contributed by atoms with Gasteiger partial charge < -0.3 is 19.4 Å². The normalized spacial score (nSPS) is 16.9. The molecule has 264 valence electrons. The highest BCUT2D eigenvalue weighted by Gasteiger charge is 2.30. The van der Waals surface area contributed by atoms with Crippen molar-refractivity contribution in [1.82, 2.24) is 19.9 Å². The van der Waals surface area contributed by atoms with Crippen LogP contribution in [0.1, 0.15) is 73.9 Å². The van der Waals surface area contributed by atoms with Crippen molar-refractivity contribution in [1.29, 1.82) is 0 Å². The Labute approximate surface area is 295 Å². The molecule has 10 heteroatoms. The van der Waals surface area contributed by atoms with Crippen LogP contribution in [0, 0.1) is 11.8 Å². The van der Waals surface area contributed by atoms with Crippen LogP contribution >= 0.6 is 0 Å². The van der Waals surface area contributed by atoms with Crippen LogP contribution in [-0.4, -0.2) is 45.1 Å². The van der Waals surface area contributed by atoms with E-state index in [9.17, 15) is 14.4 Å². The Morgan fingerprint density at radius 2 is 1.42 bits per heavy atom. The van der Waals surface area contributed by atoms with Crippen LogP contribution in [0.2, 0.25) is 0 Å². The molecule has 1 saturated carbocycles. The summed E-state index contributed by atoms with van der Waals surface area (Å²) in [6.07, 6.45) is 9.50. The SMILES string of the molecule is CC1CCC(n2cnc(CC(CCCNC(=O)[C@H](Cc3ccccc3)N(N)C(=O)OCc3ccccc3)C(=O)OCc3ccccc3)c2)CC1. The third kappa shape index (κ3) is 11.0. The zero-order chi connectivity index (χ0) is 35.1. The fourth-order valence-electron chi connectivity index (χ4n) is 6.38. The highest BCUT2D eigenvalue weighted by atomic mass is 16.6. The van der Waals surface area contributed by atoms with Crippen molar-refractivity contribution >= 4 is 18.0 Å². The number of esters is 1. The summed E-state index contributed by atoms with van der Waals surface area (Å²) in [5.41, 5.74) is 3.43. The number of nitrogens with one attached hydrogen (secondary N) is 1. The Hall–Kier alpha value is -4.96. The molecule has 3 N–H and O–H groups in total. The van der Waals surface area contributed by atoms with Gasteiger partial charge in [0.15, 0.2) is 0 Å². The van der Waals surface area contributed by atoms with E-state index in [-0.39, 0.29) is 32.1 Å². The molecule has 1 heterocycles. The third-order valence-electron chi connectivity index (χ3n) is 9.43. The number of nitrogens with two attached hydrogens (primary N) is 1. The second kappa shape index (κ2) is 18.7. The number of ether oxygens (including phenoxy) is 2. The maximum absolute atomic E-state index is 13.5. The van der Waals surface area contributed by atoms with E-state index in [1.54, 1.807) is 0 Å². The fraction of sp³-hybridized carbons (Fsp3) is 0.400. The largest absolute Gasteiger partial charge is 0.461 e. The average Bonchev–Trinajstić information content (AvgIpc) is 3.62. The van der Waals surface area contributed by atoms with Crippen molar-refractivity contribution < 1.29 is 23.9 Å². The second-order valence-electron chi connectivity index (χ2n) is 13.3. The number of nitrogens with zero attached hydrogens (tertiary/aromatic N) is 3. The first-order valence-corrected chi connectivity index (χ1v) is 17.6. The number of rotatable bonds is 16. The topological polar surface area (TPSA) is 129 Å². The number of hydrogen-bond acceptors (Lipinski definition) is 7. The van der Waals surface area contributed by atoms with Crippen molar-refractivity contribution in [3.63, 3.8) is 0 Å². The lowest BCUT2D eigenvalue weighted by molar-refractivity contribution is -0.150. The molecule has 0 radical (unpaired) electrons. The lowest BCUT2D eigenvalue weighted by Crippen LogP contribution is -2.54. The zero-order valence-electron chi connectivity index (χ0n) is 28.9. The minimum absolute atomic E-state index is 0.0346. The van der Waals surface area contributed by atoms with Crippen molar-refractivity contribution in [2.75, 3.05) is 6.54 Å². The maximum Gasteiger partial charge on any atom is 0.425 e. The molecule has 0 bridgehead atoms. The Kier molecular flexibility index (Phi) is 13.6. The molecule has 3 aromatic carbocycles. The molecule has 0 saturated heterocycles. The van der Waals surface area contributed by atoms with Crippen LogP contribution in [-0.2, 0) is 45.1 Å². The fourth-order valence-corrected chi connectivity index (χ4v) is 6.38. The van der Waals surface area contributed by atoms with Gasteiger partial charge in [-0.15, -0.1) is 0 Å². The summed E-state index contributed by atoms with van der Waals surface area (Å²) in [4.78, 5) is 44.5. The molecule has 1 aliphatic rings. The molecule has 1 aliphatic carbocycles. The van der Waals surface area contributed by atoms with Gasteiger partial charge in [0.25, 0.3) is 0 Å². The van der Waals surface area contributed by atoms with E-state index in [0.29, 0.717) is 25.3 Å². The lowest BCUT2D eigenvalue weighted by atomic mass is 9.87. The molecule has 4 aromatic rings. The summed E-state index contributed by atoms with van der Waals surface area (Å²) in [6, 6.07) is 27.7. The van der Waals surface area contributed by atoms with E-state index in [1.165, 1.54) is 12.8 Å². The number of carbonyl (C=O) groups excluding carboxylic acids is 3. The van der Waals surface area contributed by atoms with Gasteiger partial charge in [-0.3, -0.25) is 9.59 Å². The smallest absolute Gasteiger partial charge is 0.425 e. The van der Waals surface area contributed by atoms with Crippen molar-refractivity contribution in [3.05, 3.63) is 126 Å². The molecule has 1 aromatic heterocycles. The van der Waals surface area contributed by atoms with E-state index < -0.39 is 24.0 Å². The quantitative estimate of drug-likeness (QED) is 0.0452. The van der Waals surface area contributed by atoms with Gasteiger partial charge in [0.2, 0.25) is 5.91 Å². The van der Waals surface area contributed by atoms with E-state index >= 15 is 0 Å². The first-order valence-electron chi connectivity index (χ1n) is 17.6. The Morgan fingerprint density at radius 1 is 0.840 bits per heavy atom. The van der Waals surface area contributed by atoms with E-state index in [2.05, 4.69) is 28.0 Å². The molecule has 0 aliphatic heterocycles. The molecule has 5 rings (SSSR count).